The number of ether oxygens (including phenoxy) is 1. The summed E-state index contributed by atoms with van der Waals surface area (Å²) >= 11 is 8.45. The molecule has 34 heavy (non-hydrogen) atoms. The number of carbonyl (C=O) groups excluding carboxylic acids is 2. The number of rotatable bonds is 7. The first-order chi connectivity index (χ1) is 16.1. The van der Waals surface area contributed by atoms with Crippen molar-refractivity contribution in [3.63, 3.8) is 0 Å². The molecular weight excluding hydrogens is 520 g/mol. The van der Waals surface area contributed by atoms with Gasteiger partial charge in [-0.3, -0.25) is 9.59 Å². The second-order valence-electron chi connectivity index (χ2n) is 8.00. The SMILES string of the molecule is COCC1CN(S(=O)(=O)c2cc3ccc(Cl)cc3s2)CC(=O)N1Cc1nc(C(=O)N(C)C)cs1. The molecule has 0 saturated carbocycles. The number of hydrogen-bond acceptors (Lipinski definition) is 8. The molecule has 1 unspecified atom stereocenters. The Balaban J connectivity index is 1.56. The van der Waals surface area contributed by atoms with Gasteiger partial charge in [0.1, 0.15) is 14.9 Å². The summed E-state index contributed by atoms with van der Waals surface area (Å²) in [5, 5.41) is 3.55. The van der Waals surface area contributed by atoms with Gasteiger partial charge in [-0.15, -0.1) is 22.7 Å². The van der Waals surface area contributed by atoms with Crippen molar-refractivity contribution in [3.8, 4) is 0 Å². The van der Waals surface area contributed by atoms with Crippen LogP contribution >= 0.6 is 34.3 Å². The Bertz CT molecular complexity index is 1340. The third-order valence-corrected chi connectivity index (χ3v) is 9.81. The van der Waals surface area contributed by atoms with E-state index in [1.165, 1.54) is 27.7 Å². The summed E-state index contributed by atoms with van der Waals surface area (Å²) in [5.74, 6) is -0.570. The van der Waals surface area contributed by atoms with Crippen molar-refractivity contribution in [2.75, 3.05) is 40.9 Å². The van der Waals surface area contributed by atoms with Crippen molar-refractivity contribution in [1.29, 1.82) is 0 Å². The van der Waals surface area contributed by atoms with Gasteiger partial charge in [-0.1, -0.05) is 17.7 Å². The van der Waals surface area contributed by atoms with Crippen LogP contribution in [0.25, 0.3) is 10.1 Å². The van der Waals surface area contributed by atoms with Crippen molar-refractivity contribution in [3.05, 3.63) is 45.4 Å². The molecule has 9 nitrogen and oxygen atoms in total. The zero-order valence-corrected chi connectivity index (χ0v) is 21.9. The number of thiophene rings is 1. The van der Waals surface area contributed by atoms with E-state index in [2.05, 4.69) is 4.98 Å². The van der Waals surface area contributed by atoms with Gasteiger partial charge < -0.3 is 14.5 Å². The average Bonchev–Trinajstić information content (AvgIpc) is 3.42. The number of hydrogen-bond donors (Lipinski definition) is 0. The highest BCUT2D eigenvalue weighted by atomic mass is 35.5. The molecule has 2 amide bonds. The van der Waals surface area contributed by atoms with Crippen LogP contribution in [0.2, 0.25) is 5.02 Å². The Morgan fingerprint density at radius 2 is 2.09 bits per heavy atom. The van der Waals surface area contributed by atoms with Gasteiger partial charge in [0.25, 0.3) is 15.9 Å². The van der Waals surface area contributed by atoms with Crippen LogP contribution < -0.4 is 0 Å². The highest BCUT2D eigenvalue weighted by Gasteiger charge is 2.39. The molecule has 1 aliphatic rings. The van der Waals surface area contributed by atoms with Crippen LogP contribution in [0.5, 0.6) is 0 Å². The molecule has 0 spiro atoms. The average molecular weight is 543 g/mol. The smallest absolute Gasteiger partial charge is 0.272 e. The van der Waals surface area contributed by atoms with Crippen LogP contribution in [0.15, 0.2) is 33.9 Å². The largest absolute Gasteiger partial charge is 0.382 e. The van der Waals surface area contributed by atoms with Gasteiger partial charge in [0.05, 0.1) is 25.7 Å². The lowest BCUT2D eigenvalue weighted by Crippen LogP contribution is -2.58. The molecular formula is C21H23ClN4O5S3. The fraction of sp³-hybridized carbons (Fsp3) is 0.381. The van der Waals surface area contributed by atoms with E-state index in [1.54, 1.807) is 48.6 Å². The Hall–Kier alpha value is -2.09. The second kappa shape index (κ2) is 9.88. The molecule has 1 aliphatic heterocycles. The highest BCUT2D eigenvalue weighted by molar-refractivity contribution is 7.91. The van der Waals surface area contributed by atoms with E-state index >= 15 is 0 Å². The van der Waals surface area contributed by atoms with E-state index in [-0.39, 0.29) is 42.3 Å². The molecule has 0 aliphatic carbocycles. The fourth-order valence-electron chi connectivity index (χ4n) is 3.67. The molecule has 1 saturated heterocycles. The molecule has 2 aromatic heterocycles. The van der Waals surface area contributed by atoms with Crippen molar-refractivity contribution >= 4 is 66.2 Å². The van der Waals surface area contributed by atoms with E-state index in [4.69, 9.17) is 16.3 Å². The molecule has 13 heteroatoms. The first-order valence-corrected chi connectivity index (χ1v) is 13.7. The second-order valence-corrected chi connectivity index (χ2v) is 12.6. The van der Waals surface area contributed by atoms with Crippen LogP contribution in [0, 0.1) is 0 Å². The number of aromatic nitrogens is 1. The summed E-state index contributed by atoms with van der Waals surface area (Å²) in [6, 6.07) is 6.31. The number of nitrogens with zero attached hydrogens (tertiary/aromatic N) is 4. The molecule has 0 bridgehead atoms. The van der Waals surface area contributed by atoms with Gasteiger partial charge in [-0.25, -0.2) is 13.4 Å². The minimum Gasteiger partial charge on any atom is -0.382 e. The maximum atomic E-state index is 13.4. The number of carbonyl (C=O) groups is 2. The van der Waals surface area contributed by atoms with Crippen molar-refractivity contribution in [1.82, 2.24) is 19.1 Å². The summed E-state index contributed by atoms with van der Waals surface area (Å²) in [5.41, 5.74) is 0.312. The van der Waals surface area contributed by atoms with E-state index in [0.29, 0.717) is 15.7 Å². The summed E-state index contributed by atoms with van der Waals surface area (Å²) in [6.45, 7) is 0.139. The number of halogens is 1. The number of piperazine rings is 1. The Kier molecular flexibility index (Phi) is 7.27. The van der Waals surface area contributed by atoms with Gasteiger partial charge >= 0.3 is 0 Å². The Morgan fingerprint density at radius 3 is 2.79 bits per heavy atom. The summed E-state index contributed by atoms with van der Waals surface area (Å²) in [4.78, 5) is 32.6. The summed E-state index contributed by atoms with van der Waals surface area (Å²) in [6.07, 6.45) is 0. The maximum absolute atomic E-state index is 13.4. The van der Waals surface area contributed by atoms with Gasteiger partial charge in [-0.2, -0.15) is 4.31 Å². The molecule has 0 N–H and O–H groups in total. The Morgan fingerprint density at radius 1 is 1.32 bits per heavy atom. The van der Waals surface area contributed by atoms with Crippen LogP contribution in [-0.4, -0.2) is 86.3 Å². The monoisotopic (exact) mass is 542 g/mol. The van der Waals surface area contributed by atoms with E-state index in [1.807, 2.05) is 0 Å². The lowest BCUT2D eigenvalue weighted by Gasteiger charge is -2.39. The van der Waals surface area contributed by atoms with Crippen molar-refractivity contribution < 1.29 is 22.7 Å². The maximum Gasteiger partial charge on any atom is 0.272 e. The van der Waals surface area contributed by atoms with Gasteiger partial charge in [-0.05, 0) is 23.6 Å². The first-order valence-electron chi connectivity index (χ1n) is 10.2. The van der Waals surface area contributed by atoms with Crippen LogP contribution in [0.4, 0.5) is 0 Å². The van der Waals surface area contributed by atoms with E-state index in [9.17, 15) is 18.0 Å². The third-order valence-electron chi connectivity index (χ3n) is 5.38. The predicted molar refractivity (Wildman–Crippen MR) is 132 cm³/mol. The fourth-order valence-corrected chi connectivity index (χ4v) is 7.69. The number of thiazole rings is 1. The molecule has 1 atom stereocenters. The van der Waals surface area contributed by atoms with E-state index < -0.39 is 16.1 Å². The lowest BCUT2D eigenvalue weighted by atomic mass is 10.2. The van der Waals surface area contributed by atoms with Gasteiger partial charge in [0, 0.05) is 42.9 Å². The molecule has 4 rings (SSSR count). The standard InChI is InChI=1S/C21H23ClN4O5S3/c1-24(2)21(28)16-12-32-18(23-16)9-26-15(11-31-3)8-25(10-19(26)27)34(29,30)20-6-13-4-5-14(22)7-17(13)33-20/h4-7,12,15H,8-11H2,1-3H3. The molecule has 3 aromatic rings. The van der Waals surface area contributed by atoms with Crippen molar-refractivity contribution in [2.24, 2.45) is 0 Å². The van der Waals surface area contributed by atoms with Crippen LogP contribution in [0.1, 0.15) is 15.5 Å². The predicted octanol–water partition coefficient (Wildman–Crippen LogP) is 2.76. The topological polar surface area (TPSA) is 100 Å². The lowest BCUT2D eigenvalue weighted by molar-refractivity contribution is -0.139. The third kappa shape index (κ3) is 4.97. The first kappa shape index (κ1) is 25.0. The number of amides is 2. The summed E-state index contributed by atoms with van der Waals surface area (Å²) in [7, 11) is 0.898. The molecule has 3 heterocycles. The van der Waals surface area contributed by atoms with Gasteiger partial charge in [0.15, 0.2) is 0 Å². The quantitative estimate of drug-likeness (QED) is 0.455. The number of sulfonamides is 1. The molecule has 0 radical (unpaired) electrons. The van der Waals surface area contributed by atoms with E-state index in [0.717, 1.165) is 21.4 Å². The normalized spacial score (nSPS) is 17.5. The molecule has 182 valence electrons. The minimum absolute atomic E-state index is 0.0891. The van der Waals surface area contributed by atoms with Gasteiger partial charge in [0.2, 0.25) is 5.91 Å². The summed E-state index contributed by atoms with van der Waals surface area (Å²) < 4.78 is 34.2. The molecule has 1 fully saturated rings. The Labute approximate surface area is 210 Å². The minimum atomic E-state index is -3.89. The van der Waals surface area contributed by atoms with Crippen molar-refractivity contribution in [2.45, 2.75) is 16.8 Å². The highest BCUT2D eigenvalue weighted by Crippen LogP contribution is 2.33. The number of methoxy groups -OCH3 is 1. The van der Waals surface area contributed by atoms with Crippen LogP contribution in [-0.2, 0) is 26.1 Å². The van der Waals surface area contributed by atoms with Crippen LogP contribution in [0.3, 0.4) is 0 Å². The number of benzene rings is 1. The molecule has 1 aromatic carbocycles. The number of fused-ring (bicyclic) bond motifs is 1. The zero-order valence-electron chi connectivity index (χ0n) is 18.7. The zero-order chi connectivity index (χ0) is 24.6.